The monoisotopic (exact) mass is 378 g/mol. The van der Waals surface area contributed by atoms with E-state index in [2.05, 4.69) is 10.3 Å². The SMILES string of the molecule is CCC(CO)Nc1cc(C)nc(Oc2c(C)cc(Cl)cc2C)c1C(=O)O. The molecule has 0 spiro atoms. The second-order valence-corrected chi connectivity index (χ2v) is 6.64. The number of benzene rings is 1. The van der Waals surface area contributed by atoms with Crippen molar-refractivity contribution in [2.75, 3.05) is 11.9 Å². The van der Waals surface area contributed by atoms with Gasteiger partial charge in [0.25, 0.3) is 0 Å². The normalized spacial score (nSPS) is 11.9. The van der Waals surface area contributed by atoms with Gasteiger partial charge in [0.1, 0.15) is 11.3 Å². The third-order valence-electron chi connectivity index (χ3n) is 4.02. The van der Waals surface area contributed by atoms with Crippen molar-refractivity contribution in [3.05, 3.63) is 45.6 Å². The van der Waals surface area contributed by atoms with Crippen molar-refractivity contribution in [2.45, 2.75) is 40.2 Å². The topological polar surface area (TPSA) is 91.7 Å². The Balaban J connectivity index is 2.55. The van der Waals surface area contributed by atoms with E-state index in [9.17, 15) is 15.0 Å². The number of aryl methyl sites for hydroxylation is 3. The van der Waals surface area contributed by atoms with Gasteiger partial charge in [0, 0.05) is 16.8 Å². The number of nitrogens with one attached hydrogen (secondary N) is 1. The van der Waals surface area contributed by atoms with Crippen LogP contribution in [0.5, 0.6) is 11.6 Å². The molecule has 2 aromatic rings. The van der Waals surface area contributed by atoms with E-state index in [0.717, 1.165) is 11.1 Å². The predicted molar refractivity (Wildman–Crippen MR) is 102 cm³/mol. The summed E-state index contributed by atoms with van der Waals surface area (Å²) < 4.78 is 5.90. The minimum absolute atomic E-state index is 0.00122. The lowest BCUT2D eigenvalue weighted by Gasteiger charge is -2.20. The van der Waals surface area contributed by atoms with Gasteiger partial charge in [-0.25, -0.2) is 9.78 Å². The Bertz CT molecular complexity index is 796. The van der Waals surface area contributed by atoms with Crippen molar-refractivity contribution in [2.24, 2.45) is 0 Å². The summed E-state index contributed by atoms with van der Waals surface area (Å²) in [7, 11) is 0. The zero-order valence-corrected chi connectivity index (χ0v) is 16.0. The maximum Gasteiger partial charge on any atom is 0.343 e. The van der Waals surface area contributed by atoms with E-state index in [1.165, 1.54) is 0 Å². The minimum atomic E-state index is -1.16. The quantitative estimate of drug-likeness (QED) is 0.664. The summed E-state index contributed by atoms with van der Waals surface area (Å²) in [5, 5.41) is 22.8. The molecule has 1 atom stereocenters. The molecule has 0 saturated heterocycles. The Hall–Kier alpha value is -2.31. The molecule has 1 heterocycles. The molecule has 0 radical (unpaired) electrons. The van der Waals surface area contributed by atoms with Gasteiger partial charge < -0.3 is 20.3 Å². The van der Waals surface area contributed by atoms with Crippen molar-refractivity contribution in [3.8, 4) is 11.6 Å². The molecule has 0 aliphatic heterocycles. The third-order valence-corrected chi connectivity index (χ3v) is 4.24. The molecular weight excluding hydrogens is 356 g/mol. The van der Waals surface area contributed by atoms with E-state index in [1.54, 1.807) is 25.1 Å². The molecule has 6 nitrogen and oxygen atoms in total. The Kier molecular flexibility index (Phi) is 6.45. The van der Waals surface area contributed by atoms with Gasteiger partial charge in [-0.3, -0.25) is 0 Å². The first kappa shape index (κ1) is 20.0. The number of aromatic carboxylic acids is 1. The van der Waals surface area contributed by atoms with Crippen LogP contribution in [0.2, 0.25) is 5.02 Å². The molecule has 0 amide bonds. The van der Waals surface area contributed by atoms with Crippen LogP contribution in [-0.4, -0.2) is 33.8 Å². The molecule has 140 valence electrons. The van der Waals surface area contributed by atoms with Crippen LogP contribution >= 0.6 is 11.6 Å². The molecule has 2 rings (SSSR count). The number of aliphatic hydroxyl groups is 1. The number of ether oxygens (including phenoxy) is 1. The van der Waals surface area contributed by atoms with Crippen LogP contribution in [0, 0.1) is 20.8 Å². The van der Waals surface area contributed by atoms with Crippen molar-refractivity contribution in [3.63, 3.8) is 0 Å². The Labute approximate surface area is 157 Å². The molecule has 0 bridgehead atoms. The van der Waals surface area contributed by atoms with Crippen LogP contribution in [0.1, 0.15) is 40.5 Å². The van der Waals surface area contributed by atoms with Gasteiger partial charge in [0.15, 0.2) is 0 Å². The average molecular weight is 379 g/mol. The van der Waals surface area contributed by atoms with E-state index in [0.29, 0.717) is 28.6 Å². The smallest absolute Gasteiger partial charge is 0.343 e. The van der Waals surface area contributed by atoms with Gasteiger partial charge in [-0.1, -0.05) is 18.5 Å². The highest BCUT2D eigenvalue weighted by atomic mass is 35.5. The van der Waals surface area contributed by atoms with E-state index in [1.807, 2.05) is 20.8 Å². The molecule has 7 heteroatoms. The van der Waals surface area contributed by atoms with E-state index >= 15 is 0 Å². The van der Waals surface area contributed by atoms with Gasteiger partial charge in [0.05, 0.1) is 12.3 Å². The highest BCUT2D eigenvalue weighted by molar-refractivity contribution is 6.30. The number of hydrogen-bond acceptors (Lipinski definition) is 5. The number of aliphatic hydroxyl groups excluding tert-OH is 1. The van der Waals surface area contributed by atoms with Crippen LogP contribution in [-0.2, 0) is 0 Å². The largest absolute Gasteiger partial charge is 0.477 e. The van der Waals surface area contributed by atoms with Gasteiger partial charge in [-0.15, -0.1) is 0 Å². The lowest BCUT2D eigenvalue weighted by Crippen LogP contribution is -2.24. The molecule has 1 unspecified atom stereocenters. The molecule has 0 aliphatic carbocycles. The van der Waals surface area contributed by atoms with Gasteiger partial charge in [-0.2, -0.15) is 0 Å². The van der Waals surface area contributed by atoms with Crippen molar-refractivity contribution in [1.82, 2.24) is 4.98 Å². The summed E-state index contributed by atoms with van der Waals surface area (Å²) in [4.78, 5) is 16.2. The number of pyridine rings is 1. The maximum atomic E-state index is 11.9. The summed E-state index contributed by atoms with van der Waals surface area (Å²) in [6, 6.07) is 4.87. The molecule has 26 heavy (non-hydrogen) atoms. The summed E-state index contributed by atoms with van der Waals surface area (Å²) in [5.41, 5.74) is 2.46. The predicted octanol–water partition coefficient (Wildman–Crippen LogP) is 4.33. The lowest BCUT2D eigenvalue weighted by molar-refractivity contribution is 0.0694. The molecular formula is C19H23ClN2O4. The number of carbonyl (C=O) groups is 1. The van der Waals surface area contributed by atoms with Crippen LogP contribution in [0.15, 0.2) is 18.2 Å². The fourth-order valence-corrected chi connectivity index (χ4v) is 3.02. The van der Waals surface area contributed by atoms with Crippen LogP contribution in [0.3, 0.4) is 0 Å². The minimum Gasteiger partial charge on any atom is -0.477 e. The molecule has 1 aromatic carbocycles. The Morgan fingerprint density at radius 2 is 1.88 bits per heavy atom. The van der Waals surface area contributed by atoms with Crippen molar-refractivity contribution in [1.29, 1.82) is 0 Å². The van der Waals surface area contributed by atoms with Crippen LogP contribution < -0.4 is 10.1 Å². The number of rotatable bonds is 7. The average Bonchev–Trinajstić information content (AvgIpc) is 2.55. The Morgan fingerprint density at radius 3 is 2.38 bits per heavy atom. The number of anilines is 1. The molecule has 0 aliphatic rings. The third kappa shape index (κ3) is 4.45. The Morgan fingerprint density at radius 1 is 1.27 bits per heavy atom. The molecule has 1 aromatic heterocycles. The van der Waals surface area contributed by atoms with Gasteiger partial charge >= 0.3 is 5.97 Å². The van der Waals surface area contributed by atoms with Crippen LogP contribution in [0.4, 0.5) is 5.69 Å². The van der Waals surface area contributed by atoms with Crippen LogP contribution in [0.25, 0.3) is 0 Å². The fourth-order valence-electron chi connectivity index (χ4n) is 2.69. The first-order valence-electron chi connectivity index (χ1n) is 8.33. The summed E-state index contributed by atoms with van der Waals surface area (Å²) in [5.74, 6) is -0.636. The summed E-state index contributed by atoms with van der Waals surface area (Å²) in [6.45, 7) is 7.22. The number of carboxylic acids is 1. The number of aromatic nitrogens is 1. The van der Waals surface area contributed by atoms with Gasteiger partial charge in [0.2, 0.25) is 5.88 Å². The maximum absolute atomic E-state index is 11.9. The highest BCUT2D eigenvalue weighted by Gasteiger charge is 2.23. The second kappa shape index (κ2) is 8.38. The lowest BCUT2D eigenvalue weighted by atomic mass is 10.1. The fraction of sp³-hybridized carbons (Fsp3) is 0.368. The van der Waals surface area contributed by atoms with Crippen molar-refractivity contribution < 1.29 is 19.7 Å². The van der Waals surface area contributed by atoms with E-state index in [-0.39, 0.29) is 24.1 Å². The zero-order chi connectivity index (χ0) is 19.4. The van der Waals surface area contributed by atoms with E-state index < -0.39 is 5.97 Å². The number of hydrogen-bond donors (Lipinski definition) is 3. The molecule has 3 N–H and O–H groups in total. The number of halogens is 1. The highest BCUT2D eigenvalue weighted by Crippen LogP contribution is 2.35. The standard InChI is InChI=1S/C19H23ClN2O4/c1-5-14(9-23)22-15-8-12(4)21-18(16(15)19(24)25)26-17-10(2)6-13(20)7-11(17)3/h6-8,14,23H,5,9H2,1-4H3,(H,21,22)(H,24,25). The molecule has 0 fully saturated rings. The summed E-state index contributed by atoms with van der Waals surface area (Å²) >= 11 is 6.05. The summed E-state index contributed by atoms with van der Waals surface area (Å²) in [6.07, 6.45) is 0.641. The first-order chi connectivity index (χ1) is 12.3. The zero-order valence-electron chi connectivity index (χ0n) is 15.3. The van der Waals surface area contributed by atoms with Gasteiger partial charge in [-0.05, 0) is 56.5 Å². The molecule has 0 saturated carbocycles. The number of nitrogens with zero attached hydrogens (tertiary/aromatic N) is 1. The second-order valence-electron chi connectivity index (χ2n) is 6.20. The first-order valence-corrected chi connectivity index (χ1v) is 8.71. The number of carboxylic acid groups (broad SMARTS) is 1. The van der Waals surface area contributed by atoms with Crippen molar-refractivity contribution >= 4 is 23.3 Å². The van der Waals surface area contributed by atoms with E-state index in [4.69, 9.17) is 16.3 Å².